The van der Waals surface area contributed by atoms with Crippen LogP contribution >= 0.6 is 0 Å². The van der Waals surface area contributed by atoms with E-state index in [0.717, 1.165) is 0 Å². The van der Waals surface area contributed by atoms with Crippen molar-refractivity contribution in [1.29, 1.82) is 0 Å². The second kappa shape index (κ2) is 22.1. The maximum atomic E-state index is 0. The van der Waals surface area contributed by atoms with Gasteiger partial charge >= 0.3 is 0 Å². The third-order valence-corrected chi connectivity index (χ3v) is 0. The second-order valence-electron chi connectivity index (χ2n) is 0. The van der Waals surface area contributed by atoms with Gasteiger partial charge in [-0.25, -0.2) is 0 Å². The van der Waals surface area contributed by atoms with Crippen LogP contribution in [0.3, 0.4) is 0 Å². The Hall–Kier alpha value is 1.71. The standard InChI is InChI=1S/CH3.Ir.H2N.Y/h1H3;;1H2;/q-1;;-1;. The van der Waals surface area contributed by atoms with E-state index < -0.39 is 0 Å². The van der Waals surface area contributed by atoms with Crippen molar-refractivity contribution in [1.82, 2.24) is 0 Å². The maximum absolute atomic E-state index is 0. The fourth-order valence-electron chi connectivity index (χ4n) is 0. The number of hydrogen-bond donors (Lipinski definition) is 0. The topological polar surface area (TPSA) is 33.5 Å². The molecule has 0 unspecified atom stereocenters. The molecule has 0 saturated heterocycles. The Bertz CT molecular complexity index is 8.00. The first-order chi connectivity index (χ1) is 0. The molecule has 3 heteroatoms. The van der Waals surface area contributed by atoms with Crippen molar-refractivity contribution in [2.75, 3.05) is 0 Å². The van der Waals surface area contributed by atoms with E-state index >= 15 is 0 Å². The summed E-state index contributed by atoms with van der Waals surface area (Å²) in [5, 5.41) is 0. The summed E-state index contributed by atoms with van der Waals surface area (Å²) in [5.74, 6) is 0. The maximum Gasteiger partial charge on any atom is 0 e. The molecule has 0 aliphatic heterocycles. The molecule has 2 radical (unpaired) electrons. The van der Waals surface area contributed by atoms with E-state index in [0.29, 0.717) is 0 Å². The SMILES string of the molecule is [CH3-].[Ir].[NH2-].[Y]. The van der Waals surface area contributed by atoms with Gasteiger partial charge in [-0.3, -0.25) is 0 Å². The molecule has 0 bridgehead atoms. The average Bonchev–Trinajstić information content (AvgIpc) is 0. The van der Waals surface area contributed by atoms with Crippen LogP contribution in [0.1, 0.15) is 0 Å². The van der Waals surface area contributed by atoms with Crippen LogP contribution in [0.2, 0.25) is 0 Å². The zero-order valence-electron chi connectivity index (χ0n) is 2.49. The second-order valence-corrected chi connectivity index (χ2v) is 0. The van der Waals surface area contributed by atoms with Crippen LogP contribution in [0.5, 0.6) is 0 Å². The third kappa shape index (κ3) is 9.31. The molecular weight excluding hydrogens is 307 g/mol. The van der Waals surface area contributed by atoms with E-state index in [1.165, 1.54) is 0 Å². The van der Waals surface area contributed by atoms with Crippen molar-refractivity contribution in [2.45, 2.75) is 0 Å². The molecule has 28 valence electrons. The van der Waals surface area contributed by atoms with E-state index in [1.807, 2.05) is 0 Å². The summed E-state index contributed by atoms with van der Waals surface area (Å²) in [5.41, 5.74) is 0. The predicted octanol–water partition coefficient (Wildman–Crippen LogP) is 1.16. The summed E-state index contributed by atoms with van der Waals surface area (Å²) in [7, 11) is 0. The first-order valence-corrected chi connectivity index (χ1v) is 0. The molecule has 0 aliphatic rings. The smallest absolute Gasteiger partial charge is 0 e. The van der Waals surface area contributed by atoms with E-state index in [1.54, 1.807) is 0 Å². The van der Waals surface area contributed by atoms with Gasteiger partial charge in [0.2, 0.25) is 0 Å². The molecule has 0 saturated carbocycles. The van der Waals surface area contributed by atoms with Crippen molar-refractivity contribution in [3.63, 3.8) is 0 Å². The normalized spacial score (nSPS) is 0. The Labute approximate surface area is 65.7 Å². The summed E-state index contributed by atoms with van der Waals surface area (Å²) in [6, 6.07) is 0. The van der Waals surface area contributed by atoms with Crippen LogP contribution in [0.15, 0.2) is 0 Å². The van der Waals surface area contributed by atoms with Crippen molar-refractivity contribution < 1.29 is 52.8 Å². The molecule has 0 aliphatic carbocycles. The van der Waals surface area contributed by atoms with Crippen molar-refractivity contribution in [3.05, 3.63) is 13.6 Å². The Morgan fingerprint density at radius 3 is 1.00 bits per heavy atom. The summed E-state index contributed by atoms with van der Waals surface area (Å²) in [6.45, 7) is 0. The minimum absolute atomic E-state index is 0. The van der Waals surface area contributed by atoms with Gasteiger partial charge < -0.3 is 13.6 Å². The van der Waals surface area contributed by atoms with E-state index in [2.05, 4.69) is 0 Å². The molecule has 0 aromatic rings. The molecule has 0 fully saturated rings. The van der Waals surface area contributed by atoms with Gasteiger partial charge in [-0.1, -0.05) is 0 Å². The van der Waals surface area contributed by atoms with Gasteiger partial charge in [0.15, 0.2) is 0 Å². The first kappa shape index (κ1) is 43.2. The van der Waals surface area contributed by atoms with Gasteiger partial charge in [0.1, 0.15) is 0 Å². The van der Waals surface area contributed by atoms with Crippen LogP contribution < -0.4 is 0 Å². The number of rotatable bonds is 0. The van der Waals surface area contributed by atoms with Crippen LogP contribution in [-0.4, -0.2) is 0 Å². The van der Waals surface area contributed by atoms with Gasteiger partial charge in [-0.2, -0.15) is 0 Å². The monoisotopic (exact) mass is 313 g/mol. The van der Waals surface area contributed by atoms with Crippen molar-refractivity contribution >= 4 is 0 Å². The Morgan fingerprint density at radius 1 is 1.00 bits per heavy atom. The molecule has 0 aromatic heterocycles. The van der Waals surface area contributed by atoms with Gasteiger partial charge in [0.25, 0.3) is 0 Å². The average molecular weight is 312 g/mol. The van der Waals surface area contributed by atoms with Crippen LogP contribution in [0, 0.1) is 7.43 Å². The summed E-state index contributed by atoms with van der Waals surface area (Å²) in [4.78, 5) is 0. The molecule has 0 rings (SSSR count). The molecule has 0 heterocycles. The Kier molecular flexibility index (Phi) is 239. The van der Waals surface area contributed by atoms with Crippen LogP contribution in [0.25, 0.3) is 6.15 Å². The molecule has 0 spiro atoms. The zero-order chi connectivity index (χ0) is 0. The van der Waals surface area contributed by atoms with E-state index in [-0.39, 0.29) is 66.4 Å². The van der Waals surface area contributed by atoms with Crippen molar-refractivity contribution in [2.24, 2.45) is 0 Å². The summed E-state index contributed by atoms with van der Waals surface area (Å²) < 4.78 is 0. The van der Waals surface area contributed by atoms with Crippen LogP contribution in [-0.2, 0) is 52.8 Å². The largest absolute Gasteiger partial charge is 0.693 e. The fraction of sp³-hybridized carbons (Fsp3) is 0. The van der Waals surface area contributed by atoms with E-state index in [4.69, 9.17) is 0 Å². The van der Waals surface area contributed by atoms with Crippen molar-refractivity contribution in [3.8, 4) is 0 Å². The number of nitrogens with two attached hydrogens (primary N) is 1. The Balaban J connectivity index is 0. The van der Waals surface area contributed by atoms with Gasteiger partial charge in [-0.15, -0.1) is 0 Å². The molecule has 0 atom stereocenters. The fourth-order valence-corrected chi connectivity index (χ4v) is 0. The van der Waals surface area contributed by atoms with Gasteiger partial charge in [0, 0.05) is 52.8 Å². The third-order valence-electron chi connectivity index (χ3n) is 0. The predicted molar refractivity (Wildman–Crippen MR) is 11.7 cm³/mol. The molecule has 0 aromatic carbocycles. The minimum Gasteiger partial charge on any atom is -0.693 e. The molecule has 4 heavy (non-hydrogen) atoms. The van der Waals surface area contributed by atoms with E-state index in [9.17, 15) is 0 Å². The minimum atomic E-state index is 0. The molecule has 1 nitrogen and oxygen atoms in total. The van der Waals surface area contributed by atoms with Crippen LogP contribution in [0.4, 0.5) is 0 Å². The Morgan fingerprint density at radius 2 is 1.00 bits per heavy atom. The summed E-state index contributed by atoms with van der Waals surface area (Å²) >= 11 is 0. The molecule has 2 N–H and O–H groups in total. The number of hydrogen-bond acceptors (Lipinski definition) is 0. The quantitative estimate of drug-likeness (QED) is 0.602. The first-order valence-electron chi connectivity index (χ1n) is 0. The molecular formula is CH5IrNY-2. The summed E-state index contributed by atoms with van der Waals surface area (Å²) in [6.07, 6.45) is 0. The van der Waals surface area contributed by atoms with Gasteiger partial charge in [-0.05, 0) is 0 Å². The van der Waals surface area contributed by atoms with Gasteiger partial charge in [0.05, 0.1) is 0 Å². The zero-order valence-corrected chi connectivity index (χ0v) is 7.72. The molecule has 0 amide bonds.